The Kier molecular flexibility index (Phi) is 8.87. The number of hydrogen-bond donors (Lipinski definition) is 2. The van der Waals surface area contributed by atoms with Crippen molar-refractivity contribution in [3.63, 3.8) is 0 Å². The number of rotatable bonds is 10. The molecule has 0 bridgehead atoms. The van der Waals surface area contributed by atoms with Crippen LogP contribution >= 0.6 is 0 Å². The van der Waals surface area contributed by atoms with Gasteiger partial charge < -0.3 is 29.3 Å². The third-order valence-electron chi connectivity index (χ3n) is 6.93. The van der Waals surface area contributed by atoms with Crippen LogP contribution in [0, 0.1) is 11.8 Å². The highest BCUT2D eigenvalue weighted by Crippen LogP contribution is 2.31. The Morgan fingerprint density at radius 1 is 0.925 bits per heavy atom. The summed E-state index contributed by atoms with van der Waals surface area (Å²) in [5.74, 6) is -2.98. The smallest absolute Gasteiger partial charge is 0.313 e. The van der Waals surface area contributed by atoms with Crippen LogP contribution in [-0.2, 0) is 38.3 Å². The highest BCUT2D eigenvalue weighted by Gasteiger charge is 2.48. The predicted octanol–water partition coefficient (Wildman–Crippen LogP) is 1.94. The second kappa shape index (κ2) is 12.5. The lowest BCUT2D eigenvalue weighted by molar-refractivity contribution is -0.789. The van der Waals surface area contributed by atoms with Gasteiger partial charge in [0, 0.05) is 11.1 Å². The Balaban J connectivity index is 1.71. The molecule has 4 rings (SSSR count). The molecule has 4 unspecified atom stereocenters. The van der Waals surface area contributed by atoms with Crippen molar-refractivity contribution in [3.05, 3.63) is 59.7 Å². The molecule has 2 aliphatic rings. The van der Waals surface area contributed by atoms with Gasteiger partial charge in [0.25, 0.3) is 0 Å². The lowest BCUT2D eigenvalue weighted by atomic mass is 9.90. The Morgan fingerprint density at radius 2 is 1.52 bits per heavy atom. The standard InChI is InChI=1S/C28H30N2O10/c1-36-25(33)12-20(28(35)38-3)24-13-22(16-4-8-18(31)9-5-16)30(40-24)15-21-23(14-26(34)37-2)39-29-27(21)17-6-10-19(32)11-7-17/h4-11,20-21,23-24H,12-15H2,1-3H3,(H,29,32)/p+1. The van der Waals surface area contributed by atoms with E-state index in [1.807, 2.05) is 0 Å². The number of ether oxygens (including phenoxy) is 3. The van der Waals surface area contributed by atoms with E-state index < -0.39 is 42.0 Å². The molecule has 12 nitrogen and oxygen atoms in total. The molecule has 2 N–H and O–H groups in total. The molecule has 0 aliphatic carbocycles. The lowest BCUT2D eigenvalue weighted by Gasteiger charge is -2.18. The number of carbonyl (C=O) groups is 3. The second-order valence-corrected chi connectivity index (χ2v) is 9.37. The maximum atomic E-state index is 12.7. The fourth-order valence-corrected chi connectivity index (χ4v) is 4.77. The van der Waals surface area contributed by atoms with Crippen LogP contribution in [0.5, 0.6) is 11.5 Å². The van der Waals surface area contributed by atoms with E-state index in [9.17, 15) is 24.6 Å². The highest BCUT2D eigenvalue weighted by atomic mass is 16.7. The SMILES string of the molecule is COC(=O)CC1ON=C(c2ccc(O)cc2)C1C[N+]1=C(c2ccc(O)cc2)CC(C(CC(=O)OC)C(=O)OC)O1. The topological polar surface area (TPSA) is 153 Å². The van der Waals surface area contributed by atoms with Crippen molar-refractivity contribution < 1.29 is 53.2 Å². The van der Waals surface area contributed by atoms with Gasteiger partial charge in [0.2, 0.25) is 12.3 Å². The number of esters is 3. The summed E-state index contributed by atoms with van der Waals surface area (Å²) >= 11 is 0. The molecule has 0 saturated carbocycles. The summed E-state index contributed by atoms with van der Waals surface area (Å²) in [7, 11) is 3.75. The molecule has 0 aromatic heterocycles. The molecule has 2 aromatic carbocycles. The quantitative estimate of drug-likeness (QED) is 0.253. The molecule has 2 aliphatic heterocycles. The number of oxime groups is 1. The van der Waals surface area contributed by atoms with Crippen molar-refractivity contribution in [2.45, 2.75) is 31.5 Å². The van der Waals surface area contributed by atoms with E-state index in [1.54, 1.807) is 29.0 Å². The van der Waals surface area contributed by atoms with Gasteiger partial charge in [0.05, 0.1) is 40.6 Å². The van der Waals surface area contributed by atoms with E-state index >= 15 is 0 Å². The number of benzene rings is 2. The average molecular weight is 556 g/mol. The maximum Gasteiger partial charge on any atom is 0.313 e. The van der Waals surface area contributed by atoms with E-state index in [-0.39, 0.29) is 37.3 Å². The van der Waals surface area contributed by atoms with Gasteiger partial charge in [-0.2, -0.15) is 0 Å². The van der Waals surface area contributed by atoms with Crippen molar-refractivity contribution in [3.8, 4) is 11.5 Å². The number of carbonyl (C=O) groups excluding carboxylic acids is 3. The van der Waals surface area contributed by atoms with Crippen molar-refractivity contribution in [1.29, 1.82) is 0 Å². The summed E-state index contributed by atoms with van der Waals surface area (Å²) in [6.45, 7) is 0.153. The number of nitrogens with zero attached hydrogens (tertiary/aromatic N) is 2. The first-order valence-electron chi connectivity index (χ1n) is 12.6. The Bertz CT molecular complexity index is 1300. The summed E-state index contributed by atoms with van der Waals surface area (Å²) in [6.07, 6.45) is -1.55. The summed E-state index contributed by atoms with van der Waals surface area (Å²) < 4.78 is 16.2. The van der Waals surface area contributed by atoms with Crippen LogP contribution in [0.3, 0.4) is 0 Å². The van der Waals surface area contributed by atoms with Crippen LogP contribution in [0.15, 0.2) is 53.7 Å². The number of hydroxylamine groups is 1. The van der Waals surface area contributed by atoms with E-state index in [1.165, 1.54) is 45.6 Å². The van der Waals surface area contributed by atoms with Gasteiger partial charge in [-0.3, -0.25) is 19.2 Å². The van der Waals surface area contributed by atoms with Crippen molar-refractivity contribution in [1.82, 2.24) is 0 Å². The summed E-state index contributed by atoms with van der Waals surface area (Å²) in [6, 6.07) is 12.9. The molecule has 40 heavy (non-hydrogen) atoms. The first-order chi connectivity index (χ1) is 19.2. The molecular weight excluding hydrogens is 524 g/mol. The van der Waals surface area contributed by atoms with E-state index in [0.717, 1.165) is 0 Å². The minimum Gasteiger partial charge on any atom is -0.508 e. The lowest BCUT2D eigenvalue weighted by Crippen LogP contribution is -2.37. The van der Waals surface area contributed by atoms with Crippen LogP contribution in [-0.4, -0.2) is 84.4 Å². The number of phenolic OH excluding ortho intramolecular Hbond substituents is 2. The monoisotopic (exact) mass is 555 g/mol. The number of phenols is 2. The fourth-order valence-electron chi connectivity index (χ4n) is 4.77. The molecule has 212 valence electrons. The number of hydrogen-bond acceptors (Lipinski definition) is 11. The van der Waals surface area contributed by atoms with Gasteiger partial charge in [0.1, 0.15) is 29.0 Å². The third kappa shape index (κ3) is 6.33. The fraction of sp³-hybridized carbons (Fsp3) is 0.393. The van der Waals surface area contributed by atoms with Crippen LogP contribution in [0.4, 0.5) is 0 Å². The molecule has 2 heterocycles. The molecule has 0 fully saturated rings. The van der Waals surface area contributed by atoms with Crippen molar-refractivity contribution in [2.75, 3.05) is 27.9 Å². The molecule has 0 radical (unpaired) electrons. The largest absolute Gasteiger partial charge is 0.508 e. The minimum absolute atomic E-state index is 0.0774. The average Bonchev–Trinajstić information content (AvgIpc) is 3.56. The van der Waals surface area contributed by atoms with Gasteiger partial charge in [-0.1, -0.05) is 5.16 Å². The van der Waals surface area contributed by atoms with Crippen LogP contribution in [0.1, 0.15) is 30.4 Å². The van der Waals surface area contributed by atoms with Gasteiger partial charge in [-0.15, -0.1) is 0 Å². The minimum atomic E-state index is -0.953. The number of methoxy groups -OCH3 is 3. The van der Waals surface area contributed by atoms with Crippen LogP contribution < -0.4 is 0 Å². The first kappa shape index (κ1) is 28.4. The van der Waals surface area contributed by atoms with Crippen molar-refractivity contribution in [2.24, 2.45) is 17.0 Å². The Hall–Kier alpha value is -4.61. The van der Waals surface area contributed by atoms with Crippen LogP contribution in [0.2, 0.25) is 0 Å². The molecule has 0 amide bonds. The zero-order valence-corrected chi connectivity index (χ0v) is 22.3. The second-order valence-electron chi connectivity index (χ2n) is 9.37. The summed E-state index contributed by atoms with van der Waals surface area (Å²) in [5.41, 5.74) is 2.60. The molecular formula is C28H31N2O10+. The molecule has 4 atom stereocenters. The zero-order valence-electron chi connectivity index (χ0n) is 22.3. The van der Waals surface area contributed by atoms with E-state index in [2.05, 4.69) is 5.16 Å². The van der Waals surface area contributed by atoms with E-state index in [4.69, 9.17) is 23.9 Å². The molecule has 2 aromatic rings. The maximum absolute atomic E-state index is 12.7. The van der Waals surface area contributed by atoms with E-state index in [0.29, 0.717) is 22.6 Å². The molecule has 0 spiro atoms. The highest BCUT2D eigenvalue weighted by molar-refractivity contribution is 6.03. The van der Waals surface area contributed by atoms with Gasteiger partial charge in [0.15, 0.2) is 12.2 Å². The third-order valence-corrected chi connectivity index (χ3v) is 6.93. The normalized spacial score (nSPS) is 20.7. The van der Waals surface area contributed by atoms with Crippen molar-refractivity contribution >= 4 is 29.3 Å². The summed E-state index contributed by atoms with van der Waals surface area (Å²) in [5, 5.41) is 23.8. The molecule has 0 saturated heterocycles. The Labute approximate surface area is 230 Å². The van der Waals surface area contributed by atoms with Gasteiger partial charge in [-0.05, 0) is 53.3 Å². The van der Waals surface area contributed by atoms with Crippen LogP contribution in [0.25, 0.3) is 0 Å². The molecule has 12 heteroatoms. The van der Waals surface area contributed by atoms with Gasteiger partial charge in [-0.25, -0.2) is 0 Å². The zero-order chi connectivity index (χ0) is 28.8. The predicted molar refractivity (Wildman–Crippen MR) is 139 cm³/mol. The first-order valence-corrected chi connectivity index (χ1v) is 12.6. The van der Waals surface area contributed by atoms with Gasteiger partial charge >= 0.3 is 17.9 Å². The Morgan fingerprint density at radius 3 is 2.10 bits per heavy atom. The number of aromatic hydroxyl groups is 2. The summed E-state index contributed by atoms with van der Waals surface area (Å²) in [4.78, 5) is 48.9.